The normalized spacial score (nSPS) is 11.3. The number of ether oxygens (including phenoxy) is 1. The molecule has 0 saturated carbocycles. The Balaban J connectivity index is 2.38. The van der Waals surface area contributed by atoms with Crippen molar-refractivity contribution in [1.29, 1.82) is 0 Å². The lowest BCUT2D eigenvalue weighted by Gasteiger charge is -2.05. The predicted molar refractivity (Wildman–Crippen MR) is 76.2 cm³/mol. The van der Waals surface area contributed by atoms with Crippen molar-refractivity contribution in [2.45, 2.75) is 6.92 Å². The van der Waals surface area contributed by atoms with Crippen LogP contribution in [0.3, 0.4) is 0 Å². The summed E-state index contributed by atoms with van der Waals surface area (Å²) >= 11 is 0. The van der Waals surface area contributed by atoms with Gasteiger partial charge >= 0.3 is 5.97 Å². The molecule has 0 unspecified atom stereocenters. The van der Waals surface area contributed by atoms with Crippen molar-refractivity contribution >= 4 is 28.3 Å². The number of rotatable bonds is 4. The van der Waals surface area contributed by atoms with Gasteiger partial charge in [0.2, 0.25) is 0 Å². The summed E-state index contributed by atoms with van der Waals surface area (Å²) in [4.78, 5) is 22.8. The van der Waals surface area contributed by atoms with E-state index >= 15 is 0 Å². The summed E-state index contributed by atoms with van der Waals surface area (Å²) in [6.07, 6.45) is 0.889. The highest BCUT2D eigenvalue weighted by atomic mass is 16.5. The highest BCUT2D eigenvalue weighted by Gasteiger charge is 2.14. The molecule has 0 aliphatic rings. The third-order valence-electron chi connectivity index (χ3n) is 2.81. The molecule has 0 amide bonds. The van der Waals surface area contributed by atoms with Gasteiger partial charge in [-0.1, -0.05) is 42.5 Å². The number of hydrogen-bond donors (Lipinski definition) is 1. The fraction of sp³-hybridized carbons (Fsp3) is 0.125. The van der Waals surface area contributed by atoms with E-state index in [1.807, 2.05) is 30.3 Å². The molecule has 0 aliphatic carbocycles. The first-order valence-electron chi connectivity index (χ1n) is 6.23. The van der Waals surface area contributed by atoms with Crippen LogP contribution >= 0.6 is 0 Å². The largest absolute Gasteiger partial charge is 0.507 e. The van der Waals surface area contributed by atoms with E-state index in [-0.39, 0.29) is 12.4 Å². The Kier molecular flexibility index (Phi) is 4.15. The third kappa shape index (κ3) is 2.85. The molecule has 0 heterocycles. The predicted octanol–water partition coefficient (Wildman–Crippen LogP) is 2.87. The molecular formula is C16H14O4. The van der Waals surface area contributed by atoms with Crippen LogP contribution in [0.15, 0.2) is 48.5 Å². The van der Waals surface area contributed by atoms with Gasteiger partial charge in [0.15, 0.2) is 0 Å². The molecule has 102 valence electrons. The number of ketones is 1. The average molecular weight is 270 g/mol. The fourth-order valence-corrected chi connectivity index (χ4v) is 1.91. The van der Waals surface area contributed by atoms with Crippen LogP contribution in [0.4, 0.5) is 0 Å². The van der Waals surface area contributed by atoms with Crippen molar-refractivity contribution in [3.05, 3.63) is 54.1 Å². The Morgan fingerprint density at radius 3 is 2.60 bits per heavy atom. The number of aliphatic hydroxyl groups is 1. The van der Waals surface area contributed by atoms with Gasteiger partial charge < -0.3 is 9.84 Å². The Hall–Kier alpha value is -2.62. The Morgan fingerprint density at radius 1 is 1.15 bits per heavy atom. The zero-order valence-electron chi connectivity index (χ0n) is 11.0. The van der Waals surface area contributed by atoms with Gasteiger partial charge in [-0.3, -0.25) is 4.79 Å². The van der Waals surface area contributed by atoms with Gasteiger partial charge in [-0.15, -0.1) is 0 Å². The second kappa shape index (κ2) is 6.02. The van der Waals surface area contributed by atoms with Crippen molar-refractivity contribution in [3.8, 4) is 0 Å². The van der Waals surface area contributed by atoms with Gasteiger partial charge in [0.05, 0.1) is 6.61 Å². The molecule has 2 aromatic carbocycles. The van der Waals surface area contributed by atoms with Crippen LogP contribution in [0.25, 0.3) is 16.5 Å². The van der Waals surface area contributed by atoms with Crippen LogP contribution in [0, 0.1) is 0 Å². The molecule has 4 nitrogen and oxygen atoms in total. The molecule has 20 heavy (non-hydrogen) atoms. The minimum Gasteiger partial charge on any atom is -0.507 e. The van der Waals surface area contributed by atoms with Crippen LogP contribution in [0.2, 0.25) is 0 Å². The molecular weight excluding hydrogens is 256 g/mol. The monoisotopic (exact) mass is 270 g/mol. The van der Waals surface area contributed by atoms with E-state index in [9.17, 15) is 14.7 Å². The molecule has 0 radical (unpaired) electrons. The van der Waals surface area contributed by atoms with Crippen LogP contribution in [-0.4, -0.2) is 23.5 Å². The second-order valence-corrected chi connectivity index (χ2v) is 4.14. The first kappa shape index (κ1) is 13.8. The molecule has 2 rings (SSSR count). The summed E-state index contributed by atoms with van der Waals surface area (Å²) in [5.41, 5.74) is 0.501. The van der Waals surface area contributed by atoms with E-state index in [1.165, 1.54) is 0 Å². The highest BCUT2D eigenvalue weighted by Crippen LogP contribution is 2.23. The molecule has 2 aromatic rings. The summed E-state index contributed by atoms with van der Waals surface area (Å²) in [5, 5.41) is 11.8. The first-order valence-corrected chi connectivity index (χ1v) is 6.23. The summed E-state index contributed by atoms with van der Waals surface area (Å²) in [6, 6.07) is 12.8. The van der Waals surface area contributed by atoms with Crippen molar-refractivity contribution in [1.82, 2.24) is 0 Å². The summed E-state index contributed by atoms with van der Waals surface area (Å²) in [5.74, 6) is -2.10. The van der Waals surface area contributed by atoms with E-state index in [0.29, 0.717) is 5.56 Å². The first-order chi connectivity index (χ1) is 9.63. The van der Waals surface area contributed by atoms with Crippen molar-refractivity contribution in [3.63, 3.8) is 0 Å². The zero-order valence-corrected chi connectivity index (χ0v) is 11.0. The molecule has 1 N–H and O–H groups in total. The van der Waals surface area contributed by atoms with E-state index in [0.717, 1.165) is 16.8 Å². The van der Waals surface area contributed by atoms with Crippen molar-refractivity contribution < 1.29 is 19.4 Å². The van der Waals surface area contributed by atoms with Crippen LogP contribution in [0.5, 0.6) is 0 Å². The third-order valence-corrected chi connectivity index (χ3v) is 2.81. The smallest absolute Gasteiger partial charge is 0.379 e. The number of esters is 1. The second-order valence-electron chi connectivity index (χ2n) is 4.14. The molecule has 0 spiro atoms. The van der Waals surface area contributed by atoms with Crippen LogP contribution < -0.4 is 0 Å². The fourth-order valence-electron chi connectivity index (χ4n) is 1.91. The molecule has 0 fully saturated rings. The van der Waals surface area contributed by atoms with Crippen molar-refractivity contribution in [2.24, 2.45) is 0 Å². The maximum atomic E-state index is 11.5. The SMILES string of the molecule is CCOC(=O)C(=O)/C=C(\O)c1cccc2ccccc12. The summed E-state index contributed by atoms with van der Waals surface area (Å²) < 4.78 is 4.58. The van der Waals surface area contributed by atoms with E-state index in [1.54, 1.807) is 19.1 Å². The quantitative estimate of drug-likeness (QED) is 0.401. The maximum Gasteiger partial charge on any atom is 0.379 e. The van der Waals surface area contributed by atoms with Gasteiger partial charge in [0.1, 0.15) is 5.76 Å². The van der Waals surface area contributed by atoms with Gasteiger partial charge in [0.25, 0.3) is 5.78 Å². The van der Waals surface area contributed by atoms with Gasteiger partial charge in [-0.2, -0.15) is 0 Å². The van der Waals surface area contributed by atoms with Gasteiger partial charge in [0, 0.05) is 11.6 Å². The lowest BCUT2D eigenvalue weighted by molar-refractivity contribution is -0.151. The average Bonchev–Trinajstić information content (AvgIpc) is 2.46. The molecule has 0 bridgehead atoms. The summed E-state index contributed by atoms with van der Waals surface area (Å²) in [6.45, 7) is 1.73. The topological polar surface area (TPSA) is 63.6 Å². The number of carbonyl (C=O) groups excluding carboxylic acids is 2. The van der Waals surface area contributed by atoms with Gasteiger partial charge in [-0.05, 0) is 17.7 Å². The van der Waals surface area contributed by atoms with E-state index in [2.05, 4.69) is 4.74 Å². The summed E-state index contributed by atoms with van der Waals surface area (Å²) in [7, 11) is 0. The number of hydrogen-bond acceptors (Lipinski definition) is 4. The van der Waals surface area contributed by atoms with Crippen LogP contribution in [0.1, 0.15) is 12.5 Å². The van der Waals surface area contributed by atoms with Gasteiger partial charge in [-0.25, -0.2) is 4.79 Å². The molecule has 0 atom stereocenters. The number of aliphatic hydroxyl groups excluding tert-OH is 1. The maximum absolute atomic E-state index is 11.5. The molecule has 0 saturated heterocycles. The van der Waals surface area contributed by atoms with E-state index < -0.39 is 11.8 Å². The highest BCUT2D eigenvalue weighted by molar-refractivity contribution is 6.39. The lowest BCUT2D eigenvalue weighted by atomic mass is 10.0. The Morgan fingerprint density at radius 2 is 1.85 bits per heavy atom. The molecule has 0 aliphatic heterocycles. The Labute approximate surface area is 116 Å². The zero-order chi connectivity index (χ0) is 14.5. The minimum absolute atomic E-state index is 0.118. The molecule has 0 aromatic heterocycles. The molecule has 4 heteroatoms. The Bertz CT molecular complexity index is 680. The minimum atomic E-state index is -0.973. The van der Waals surface area contributed by atoms with E-state index in [4.69, 9.17) is 0 Å². The lowest BCUT2D eigenvalue weighted by Crippen LogP contribution is -2.15. The number of benzene rings is 2. The standard InChI is InChI=1S/C16H14O4/c1-2-20-16(19)15(18)10-14(17)13-9-5-7-11-6-3-4-8-12(11)13/h3-10,17H,2H2,1H3/b14-10-. The number of fused-ring (bicyclic) bond motifs is 1. The number of carbonyl (C=O) groups is 2. The van der Waals surface area contributed by atoms with Crippen molar-refractivity contribution in [2.75, 3.05) is 6.61 Å². The van der Waals surface area contributed by atoms with Crippen LogP contribution in [-0.2, 0) is 14.3 Å².